The van der Waals surface area contributed by atoms with Crippen LogP contribution in [0, 0.1) is 5.92 Å². The average Bonchev–Trinajstić information content (AvgIpc) is 2.75. The van der Waals surface area contributed by atoms with Gasteiger partial charge in [-0.05, 0) is 24.1 Å². The number of nitrogens with zero attached hydrogens (tertiary/aromatic N) is 1. The molecule has 1 unspecified atom stereocenters. The molecule has 21 heavy (non-hydrogen) atoms. The van der Waals surface area contributed by atoms with Crippen LogP contribution in [0.3, 0.4) is 0 Å². The lowest BCUT2D eigenvalue weighted by molar-refractivity contribution is -0.160. The van der Waals surface area contributed by atoms with E-state index < -0.39 is 21.4 Å². The zero-order valence-electron chi connectivity index (χ0n) is 11.3. The van der Waals surface area contributed by atoms with Crippen LogP contribution in [0.25, 0.3) is 0 Å². The molecule has 0 saturated carbocycles. The summed E-state index contributed by atoms with van der Waals surface area (Å²) < 4.78 is 22.8. The quantitative estimate of drug-likeness (QED) is 0.871. The van der Waals surface area contributed by atoms with Crippen LogP contribution in [0.4, 0.5) is 0 Å². The molecule has 2 saturated heterocycles. The van der Waals surface area contributed by atoms with Gasteiger partial charge in [0.15, 0.2) is 9.84 Å². The number of β-amino-alcohol motifs (C(OH)–C–C–N with tert-alkyl or cyclic N) is 1. The Balaban J connectivity index is 1.65. The first-order valence-electron chi connectivity index (χ1n) is 6.77. The van der Waals surface area contributed by atoms with Gasteiger partial charge in [0.1, 0.15) is 5.60 Å². The molecule has 0 spiro atoms. The normalized spacial score (nSPS) is 26.4. The zero-order chi connectivity index (χ0) is 15.3. The summed E-state index contributed by atoms with van der Waals surface area (Å²) in [7, 11) is -3.07. The highest BCUT2D eigenvalue weighted by atomic mass is 35.5. The molecule has 2 aliphatic rings. The maximum atomic E-state index is 12.2. The fourth-order valence-electron chi connectivity index (χ4n) is 2.93. The number of likely N-dealkylation sites (tertiary alicyclic amines) is 1. The Morgan fingerprint density at radius 1 is 1.29 bits per heavy atom. The summed E-state index contributed by atoms with van der Waals surface area (Å²) in [5, 5.41) is 11.1. The number of carbonyl (C=O) groups is 1. The Morgan fingerprint density at radius 3 is 2.43 bits per heavy atom. The third-order valence-electron chi connectivity index (χ3n) is 4.18. The maximum absolute atomic E-state index is 12.2. The molecule has 5 nitrogen and oxygen atoms in total. The first kappa shape index (κ1) is 14.8. The van der Waals surface area contributed by atoms with Crippen LogP contribution in [0.1, 0.15) is 12.0 Å². The van der Waals surface area contributed by atoms with E-state index >= 15 is 0 Å². The number of rotatable bonds is 2. The number of amides is 1. The minimum Gasteiger partial charge on any atom is -0.381 e. The number of hydrogen-bond donors (Lipinski definition) is 1. The fraction of sp³-hybridized carbons (Fsp3) is 0.500. The molecule has 1 aromatic carbocycles. The van der Waals surface area contributed by atoms with Crippen molar-refractivity contribution in [3.05, 3.63) is 34.9 Å². The summed E-state index contributed by atoms with van der Waals surface area (Å²) in [6, 6.07) is 6.88. The number of aliphatic hydroxyl groups is 1. The molecule has 0 radical (unpaired) electrons. The number of benzene rings is 1. The van der Waals surface area contributed by atoms with Gasteiger partial charge in [-0.1, -0.05) is 23.7 Å². The van der Waals surface area contributed by atoms with Gasteiger partial charge in [-0.25, -0.2) is 8.42 Å². The molecule has 114 valence electrons. The fourth-order valence-corrected chi connectivity index (χ4v) is 4.79. The molecule has 2 aliphatic heterocycles. The predicted molar refractivity (Wildman–Crippen MR) is 78.7 cm³/mol. The van der Waals surface area contributed by atoms with Gasteiger partial charge in [0.25, 0.3) is 0 Å². The summed E-state index contributed by atoms with van der Waals surface area (Å²) in [4.78, 5) is 13.7. The van der Waals surface area contributed by atoms with Gasteiger partial charge >= 0.3 is 0 Å². The molecule has 1 amide bonds. The van der Waals surface area contributed by atoms with Gasteiger partial charge in [-0.3, -0.25) is 4.79 Å². The third-order valence-corrected chi connectivity index (χ3v) is 6.20. The Kier molecular flexibility index (Phi) is 3.50. The van der Waals surface area contributed by atoms with Gasteiger partial charge in [-0.15, -0.1) is 0 Å². The van der Waals surface area contributed by atoms with Crippen molar-refractivity contribution in [3.63, 3.8) is 0 Å². The van der Waals surface area contributed by atoms with Crippen molar-refractivity contribution in [2.24, 2.45) is 5.92 Å². The standard InChI is InChI=1S/C14H16ClNO4S/c15-12-3-1-11(2-4-12)14(18)8-16(9-14)13(17)10-5-6-21(19,20)7-10/h1-4,10,18H,5-9H2. The van der Waals surface area contributed by atoms with Gasteiger partial charge in [-0.2, -0.15) is 0 Å². The van der Waals surface area contributed by atoms with Crippen LogP contribution in [0.2, 0.25) is 5.02 Å². The molecule has 0 aliphatic carbocycles. The molecular formula is C14H16ClNO4S. The summed E-state index contributed by atoms with van der Waals surface area (Å²) >= 11 is 5.81. The van der Waals surface area contributed by atoms with Gasteiger partial charge in [0.05, 0.1) is 30.5 Å². The van der Waals surface area contributed by atoms with E-state index in [0.717, 1.165) is 5.56 Å². The first-order valence-corrected chi connectivity index (χ1v) is 8.97. The van der Waals surface area contributed by atoms with E-state index in [1.165, 1.54) is 4.90 Å². The SMILES string of the molecule is O=C(C1CCS(=O)(=O)C1)N1CC(O)(c2ccc(Cl)cc2)C1. The van der Waals surface area contributed by atoms with Crippen LogP contribution in [-0.2, 0) is 20.2 Å². The Labute approximate surface area is 128 Å². The molecule has 0 aromatic heterocycles. The highest BCUT2D eigenvalue weighted by Gasteiger charge is 2.47. The molecule has 7 heteroatoms. The molecule has 2 fully saturated rings. The highest BCUT2D eigenvalue weighted by Crippen LogP contribution is 2.34. The summed E-state index contributed by atoms with van der Waals surface area (Å²) in [5.41, 5.74) is -0.340. The van der Waals surface area contributed by atoms with E-state index in [9.17, 15) is 18.3 Å². The van der Waals surface area contributed by atoms with Crippen molar-refractivity contribution in [3.8, 4) is 0 Å². The lowest BCUT2D eigenvalue weighted by atomic mass is 9.85. The van der Waals surface area contributed by atoms with Crippen molar-refractivity contribution in [1.82, 2.24) is 4.90 Å². The van der Waals surface area contributed by atoms with Gasteiger partial charge < -0.3 is 10.0 Å². The minimum absolute atomic E-state index is 0.0678. The lowest BCUT2D eigenvalue weighted by Gasteiger charge is -2.47. The van der Waals surface area contributed by atoms with Crippen LogP contribution in [0.15, 0.2) is 24.3 Å². The van der Waals surface area contributed by atoms with Gasteiger partial charge in [0.2, 0.25) is 5.91 Å². The van der Waals surface area contributed by atoms with E-state index in [4.69, 9.17) is 11.6 Å². The smallest absolute Gasteiger partial charge is 0.226 e. The topological polar surface area (TPSA) is 74.7 Å². The largest absolute Gasteiger partial charge is 0.381 e. The average molecular weight is 330 g/mol. The van der Waals surface area contributed by atoms with E-state index in [1.807, 2.05) is 0 Å². The van der Waals surface area contributed by atoms with Crippen molar-refractivity contribution in [1.29, 1.82) is 0 Å². The molecule has 3 rings (SSSR count). The molecule has 0 bridgehead atoms. The molecule has 2 heterocycles. The summed E-state index contributed by atoms with van der Waals surface area (Å²) in [6.07, 6.45) is 0.386. The summed E-state index contributed by atoms with van der Waals surface area (Å²) in [6.45, 7) is 0.397. The van der Waals surface area contributed by atoms with Crippen LogP contribution in [-0.4, -0.2) is 48.9 Å². The van der Waals surface area contributed by atoms with Crippen LogP contribution >= 0.6 is 11.6 Å². The Morgan fingerprint density at radius 2 is 1.90 bits per heavy atom. The maximum Gasteiger partial charge on any atom is 0.226 e. The first-order chi connectivity index (χ1) is 9.79. The molecule has 1 aromatic rings. The number of carbonyl (C=O) groups excluding carboxylic acids is 1. The predicted octanol–water partition coefficient (Wildman–Crippen LogP) is 0.805. The van der Waals surface area contributed by atoms with E-state index in [1.54, 1.807) is 24.3 Å². The van der Waals surface area contributed by atoms with Crippen molar-refractivity contribution < 1.29 is 18.3 Å². The highest BCUT2D eigenvalue weighted by molar-refractivity contribution is 7.91. The van der Waals surface area contributed by atoms with Gasteiger partial charge in [0, 0.05) is 5.02 Å². The van der Waals surface area contributed by atoms with Crippen molar-refractivity contribution in [2.45, 2.75) is 12.0 Å². The second-order valence-electron chi connectivity index (χ2n) is 5.83. The summed E-state index contributed by atoms with van der Waals surface area (Å²) in [5.74, 6) is -0.611. The Hall–Kier alpha value is -1.11. The Bertz CT molecular complexity index is 665. The van der Waals surface area contributed by atoms with Crippen LogP contribution < -0.4 is 0 Å². The second kappa shape index (κ2) is 4.97. The monoisotopic (exact) mass is 329 g/mol. The second-order valence-corrected chi connectivity index (χ2v) is 8.50. The molecule has 1 atom stereocenters. The third kappa shape index (κ3) is 2.80. The minimum atomic E-state index is -3.07. The van der Waals surface area contributed by atoms with E-state index in [2.05, 4.69) is 0 Å². The van der Waals surface area contributed by atoms with E-state index in [-0.39, 0.29) is 30.5 Å². The molecule has 1 N–H and O–H groups in total. The van der Waals surface area contributed by atoms with Crippen molar-refractivity contribution >= 4 is 27.3 Å². The van der Waals surface area contributed by atoms with Crippen molar-refractivity contribution in [2.75, 3.05) is 24.6 Å². The van der Waals surface area contributed by atoms with E-state index in [0.29, 0.717) is 11.4 Å². The zero-order valence-corrected chi connectivity index (χ0v) is 12.9. The lowest BCUT2D eigenvalue weighted by Crippen LogP contribution is -2.62. The number of hydrogen-bond acceptors (Lipinski definition) is 4. The number of halogens is 1. The molecular weight excluding hydrogens is 314 g/mol. The number of sulfone groups is 1. The van der Waals surface area contributed by atoms with Crippen LogP contribution in [0.5, 0.6) is 0 Å².